The summed E-state index contributed by atoms with van der Waals surface area (Å²) < 4.78 is 9.41. The Labute approximate surface area is 190 Å². The van der Waals surface area contributed by atoms with Crippen molar-refractivity contribution in [3.05, 3.63) is 67.1 Å². The number of ether oxygens (including phenoxy) is 1. The number of aryl methyl sites for hydroxylation is 1. The minimum Gasteiger partial charge on any atom is -0.378 e. The fourth-order valence-electron chi connectivity index (χ4n) is 4.08. The van der Waals surface area contributed by atoms with E-state index in [1.807, 2.05) is 71.0 Å². The monoisotopic (exact) mass is 438 g/mol. The predicted molar refractivity (Wildman–Crippen MR) is 125 cm³/mol. The van der Waals surface area contributed by atoms with Gasteiger partial charge in [-0.2, -0.15) is 5.10 Å². The number of morpholine rings is 1. The van der Waals surface area contributed by atoms with Crippen LogP contribution in [0.1, 0.15) is 0 Å². The number of para-hydroxylation sites is 1. The molecule has 5 aromatic rings. The van der Waals surface area contributed by atoms with E-state index in [0.29, 0.717) is 24.7 Å². The molecule has 0 saturated carbocycles. The second kappa shape index (κ2) is 8.10. The maximum atomic E-state index is 5.57. The highest BCUT2D eigenvalue weighted by Gasteiger charge is 2.23. The largest absolute Gasteiger partial charge is 0.378 e. The van der Waals surface area contributed by atoms with Gasteiger partial charge in [-0.25, -0.2) is 19.6 Å². The van der Waals surface area contributed by atoms with Crippen LogP contribution in [0, 0.1) is 0 Å². The fourth-order valence-corrected chi connectivity index (χ4v) is 4.08. The van der Waals surface area contributed by atoms with Crippen molar-refractivity contribution in [1.29, 1.82) is 0 Å². The Morgan fingerprint density at radius 3 is 2.45 bits per heavy atom. The zero-order chi connectivity index (χ0) is 22.2. The van der Waals surface area contributed by atoms with Gasteiger partial charge in [0.2, 0.25) is 0 Å². The van der Waals surface area contributed by atoms with Gasteiger partial charge in [-0.3, -0.25) is 4.98 Å². The van der Waals surface area contributed by atoms with Gasteiger partial charge in [-0.1, -0.05) is 18.2 Å². The Bertz CT molecular complexity index is 1400. The first kappa shape index (κ1) is 19.6. The van der Waals surface area contributed by atoms with Crippen molar-refractivity contribution in [3.8, 4) is 28.6 Å². The van der Waals surface area contributed by atoms with Gasteiger partial charge in [0.05, 0.1) is 18.9 Å². The smallest absolute Gasteiger partial charge is 0.184 e. The average molecular weight is 438 g/mol. The summed E-state index contributed by atoms with van der Waals surface area (Å²) in [6.45, 7) is 2.83. The molecule has 1 aliphatic rings. The van der Waals surface area contributed by atoms with Crippen molar-refractivity contribution in [2.24, 2.45) is 7.05 Å². The van der Waals surface area contributed by atoms with Gasteiger partial charge in [-0.15, -0.1) is 0 Å². The third-order valence-corrected chi connectivity index (χ3v) is 5.79. The zero-order valence-electron chi connectivity index (χ0n) is 18.2. The quantitative estimate of drug-likeness (QED) is 0.426. The molecule has 164 valence electrons. The van der Waals surface area contributed by atoms with E-state index in [1.165, 1.54) is 0 Å². The van der Waals surface area contributed by atoms with Crippen LogP contribution in [-0.2, 0) is 11.8 Å². The van der Waals surface area contributed by atoms with Crippen molar-refractivity contribution < 1.29 is 4.74 Å². The Morgan fingerprint density at radius 2 is 1.67 bits per heavy atom. The van der Waals surface area contributed by atoms with Crippen LogP contribution in [0.3, 0.4) is 0 Å². The molecule has 9 nitrogen and oxygen atoms in total. The normalized spacial score (nSPS) is 14.2. The molecule has 0 amide bonds. The average Bonchev–Trinajstić information content (AvgIpc) is 3.51. The van der Waals surface area contributed by atoms with Crippen LogP contribution in [0.4, 0.5) is 5.82 Å². The molecule has 6 rings (SSSR count). The van der Waals surface area contributed by atoms with E-state index in [4.69, 9.17) is 24.8 Å². The number of aromatic nitrogens is 7. The summed E-state index contributed by atoms with van der Waals surface area (Å²) >= 11 is 0. The summed E-state index contributed by atoms with van der Waals surface area (Å²) in [5.41, 5.74) is 4.22. The highest BCUT2D eigenvalue weighted by Crippen LogP contribution is 2.30. The molecule has 33 heavy (non-hydrogen) atoms. The lowest BCUT2D eigenvalue weighted by molar-refractivity contribution is 0.122. The molecule has 0 N–H and O–H groups in total. The minimum absolute atomic E-state index is 0.572. The first-order chi connectivity index (χ1) is 16.3. The number of nitrogens with zero attached hydrogens (tertiary/aromatic N) is 8. The summed E-state index contributed by atoms with van der Waals surface area (Å²) in [7, 11) is 1.98. The lowest BCUT2D eigenvalue weighted by Crippen LogP contribution is -2.37. The van der Waals surface area contributed by atoms with E-state index in [9.17, 15) is 0 Å². The lowest BCUT2D eigenvalue weighted by atomic mass is 10.2. The number of fused-ring (bicyclic) bond motifs is 1. The van der Waals surface area contributed by atoms with E-state index in [0.717, 1.165) is 47.1 Å². The number of anilines is 1. The molecule has 5 heterocycles. The summed E-state index contributed by atoms with van der Waals surface area (Å²) in [6, 6.07) is 15.8. The molecule has 4 aromatic heterocycles. The van der Waals surface area contributed by atoms with E-state index in [1.54, 1.807) is 12.4 Å². The molecule has 0 aliphatic carbocycles. The molecule has 0 bridgehead atoms. The summed E-state index contributed by atoms with van der Waals surface area (Å²) in [4.78, 5) is 21.1. The molecule has 1 aliphatic heterocycles. The molecule has 0 unspecified atom stereocenters. The highest BCUT2D eigenvalue weighted by atomic mass is 16.5. The van der Waals surface area contributed by atoms with Crippen LogP contribution in [0.5, 0.6) is 0 Å². The summed E-state index contributed by atoms with van der Waals surface area (Å²) in [6.07, 6.45) is 5.47. The van der Waals surface area contributed by atoms with E-state index < -0.39 is 0 Å². The minimum atomic E-state index is 0.572. The topological polar surface area (TPSA) is 86.8 Å². The van der Waals surface area contributed by atoms with Gasteiger partial charge < -0.3 is 14.2 Å². The maximum absolute atomic E-state index is 5.57. The molecule has 1 fully saturated rings. The first-order valence-electron chi connectivity index (χ1n) is 10.9. The van der Waals surface area contributed by atoms with E-state index in [2.05, 4.69) is 9.88 Å². The number of hydrogen-bond acceptors (Lipinski definition) is 7. The molecular weight excluding hydrogens is 416 g/mol. The number of benzene rings is 1. The van der Waals surface area contributed by atoms with Crippen molar-refractivity contribution in [2.75, 3.05) is 31.2 Å². The van der Waals surface area contributed by atoms with Crippen molar-refractivity contribution in [1.82, 2.24) is 34.3 Å². The van der Waals surface area contributed by atoms with Gasteiger partial charge in [0.15, 0.2) is 22.8 Å². The molecule has 1 saturated heterocycles. The standard InChI is InChI=1S/C24H22N8O/c1-30-22(17-7-10-25-11-8-17)26-20-23(30)27-21(28-24(20)31-13-15-33-16-14-31)19-9-12-32(29-19)18-5-3-2-4-6-18/h2-12H,13-16H2,1H3. The summed E-state index contributed by atoms with van der Waals surface area (Å²) in [5.74, 6) is 2.20. The van der Waals surface area contributed by atoms with Crippen molar-refractivity contribution in [3.63, 3.8) is 0 Å². The molecule has 1 aromatic carbocycles. The first-order valence-corrected chi connectivity index (χ1v) is 10.9. The molecule has 0 radical (unpaired) electrons. The van der Waals surface area contributed by atoms with Crippen LogP contribution < -0.4 is 4.90 Å². The Morgan fingerprint density at radius 1 is 0.879 bits per heavy atom. The molecule has 9 heteroatoms. The summed E-state index contributed by atoms with van der Waals surface area (Å²) in [5, 5.41) is 4.75. The number of rotatable bonds is 4. The maximum Gasteiger partial charge on any atom is 0.184 e. The molecular formula is C24H22N8O. The van der Waals surface area contributed by atoms with Crippen molar-refractivity contribution >= 4 is 17.0 Å². The Hall–Kier alpha value is -4.11. The number of hydrogen-bond donors (Lipinski definition) is 0. The van der Waals surface area contributed by atoms with Crippen molar-refractivity contribution in [2.45, 2.75) is 0 Å². The second-order valence-corrected chi connectivity index (χ2v) is 7.85. The fraction of sp³-hybridized carbons (Fsp3) is 0.208. The van der Waals surface area contributed by atoms with Gasteiger partial charge in [-0.05, 0) is 30.3 Å². The SMILES string of the molecule is Cn1c(-c2ccncc2)nc2c(N3CCOCC3)nc(-c3ccn(-c4ccccc4)n3)nc21. The van der Waals surface area contributed by atoms with Crippen LogP contribution >= 0.6 is 0 Å². The number of imidazole rings is 1. The molecule has 0 atom stereocenters. The third-order valence-electron chi connectivity index (χ3n) is 5.79. The Kier molecular flexibility index (Phi) is 4.80. The lowest BCUT2D eigenvalue weighted by Gasteiger charge is -2.28. The van der Waals surface area contributed by atoms with Crippen LogP contribution in [0.25, 0.3) is 39.8 Å². The van der Waals surface area contributed by atoms with Gasteiger partial charge in [0, 0.05) is 44.3 Å². The zero-order valence-corrected chi connectivity index (χ0v) is 18.2. The van der Waals surface area contributed by atoms with E-state index in [-0.39, 0.29) is 0 Å². The van der Waals surface area contributed by atoms with Gasteiger partial charge in [0.25, 0.3) is 0 Å². The Balaban J connectivity index is 1.52. The van der Waals surface area contributed by atoms with Crippen LogP contribution in [-0.4, -0.2) is 60.6 Å². The number of pyridine rings is 1. The molecule has 0 spiro atoms. The van der Waals surface area contributed by atoms with E-state index >= 15 is 0 Å². The van der Waals surface area contributed by atoms with Gasteiger partial charge in [0.1, 0.15) is 11.5 Å². The van der Waals surface area contributed by atoms with Gasteiger partial charge >= 0.3 is 0 Å². The second-order valence-electron chi connectivity index (χ2n) is 7.85. The van der Waals surface area contributed by atoms with Crippen LogP contribution in [0.2, 0.25) is 0 Å². The predicted octanol–water partition coefficient (Wildman–Crippen LogP) is 3.11. The highest BCUT2D eigenvalue weighted by molar-refractivity contribution is 5.88. The third kappa shape index (κ3) is 3.52. The van der Waals surface area contributed by atoms with Crippen LogP contribution in [0.15, 0.2) is 67.1 Å².